The first-order valence-corrected chi connectivity index (χ1v) is 6.58. The molecule has 1 N–H and O–H groups in total. The summed E-state index contributed by atoms with van der Waals surface area (Å²) in [6.07, 6.45) is 0. The Bertz CT molecular complexity index is 766. The topological polar surface area (TPSA) is 63.3 Å². The highest BCUT2D eigenvalue weighted by Crippen LogP contribution is 2.33. The molecule has 5 heteroatoms. The summed E-state index contributed by atoms with van der Waals surface area (Å²) in [4.78, 5) is 17.6. The molecule has 1 aromatic carbocycles. The maximum atomic E-state index is 11.1. The van der Waals surface area contributed by atoms with Gasteiger partial charge in [-0.25, -0.2) is 9.78 Å². The molecular weight excluding hydrogens is 262 g/mol. The lowest BCUT2D eigenvalue weighted by Gasteiger charge is -1.92. The molecule has 0 saturated heterocycles. The first kappa shape index (κ1) is 11.9. The summed E-state index contributed by atoms with van der Waals surface area (Å²) in [5.41, 5.74) is 2.22. The fourth-order valence-corrected chi connectivity index (χ4v) is 2.86. The lowest BCUT2D eigenvalue weighted by atomic mass is 10.2. The number of hydrogen-bond acceptors (Lipinski definition) is 4. The highest BCUT2D eigenvalue weighted by atomic mass is 32.1. The van der Waals surface area contributed by atoms with Gasteiger partial charge in [-0.3, -0.25) is 0 Å². The molecule has 3 aromatic rings. The number of rotatable bonds is 2. The number of benzene rings is 1. The van der Waals surface area contributed by atoms with E-state index in [2.05, 4.69) is 4.98 Å². The summed E-state index contributed by atoms with van der Waals surface area (Å²) in [6.45, 7) is 4.06. The van der Waals surface area contributed by atoms with Gasteiger partial charge < -0.3 is 9.52 Å². The number of carbonyl (C=O) groups is 1. The van der Waals surface area contributed by atoms with Crippen LogP contribution in [0.25, 0.3) is 21.9 Å². The third kappa shape index (κ3) is 1.92. The standard InChI is InChI=1S/C14H11NO3S/c1-7-6-11(19-8(7)2)13-15-10-5-3-4-9(14(16)17)12(10)18-13/h3-6H,1-2H3,(H,16,17). The Kier molecular flexibility index (Phi) is 2.64. The van der Waals surface area contributed by atoms with Gasteiger partial charge in [0, 0.05) is 4.88 Å². The maximum absolute atomic E-state index is 11.1. The zero-order valence-corrected chi connectivity index (χ0v) is 11.2. The van der Waals surface area contributed by atoms with Crippen molar-refractivity contribution in [2.75, 3.05) is 0 Å². The van der Waals surface area contributed by atoms with E-state index in [4.69, 9.17) is 9.52 Å². The van der Waals surface area contributed by atoms with E-state index in [0.717, 1.165) is 4.88 Å². The molecule has 0 unspecified atom stereocenters. The van der Waals surface area contributed by atoms with Crippen LogP contribution in [0.5, 0.6) is 0 Å². The second-order valence-corrected chi connectivity index (χ2v) is 5.58. The van der Waals surface area contributed by atoms with Gasteiger partial charge in [0.15, 0.2) is 5.58 Å². The molecule has 19 heavy (non-hydrogen) atoms. The molecule has 2 aromatic heterocycles. The summed E-state index contributed by atoms with van der Waals surface area (Å²) >= 11 is 1.59. The number of carboxylic acid groups (broad SMARTS) is 1. The number of fused-ring (bicyclic) bond motifs is 1. The summed E-state index contributed by atoms with van der Waals surface area (Å²) in [5, 5.41) is 9.13. The van der Waals surface area contributed by atoms with Gasteiger partial charge in [0.05, 0.1) is 4.88 Å². The number of aryl methyl sites for hydroxylation is 2. The molecule has 0 bridgehead atoms. The van der Waals surface area contributed by atoms with E-state index in [1.165, 1.54) is 16.5 Å². The summed E-state index contributed by atoms with van der Waals surface area (Å²) in [5.74, 6) is -0.531. The van der Waals surface area contributed by atoms with E-state index in [-0.39, 0.29) is 5.56 Å². The third-order valence-corrected chi connectivity index (χ3v) is 4.16. The van der Waals surface area contributed by atoms with Crippen molar-refractivity contribution in [1.82, 2.24) is 4.98 Å². The van der Waals surface area contributed by atoms with Crippen LogP contribution in [-0.4, -0.2) is 16.1 Å². The van der Waals surface area contributed by atoms with Crippen LogP contribution < -0.4 is 0 Å². The van der Waals surface area contributed by atoms with Crippen LogP contribution in [0.1, 0.15) is 20.8 Å². The zero-order chi connectivity index (χ0) is 13.6. The van der Waals surface area contributed by atoms with Gasteiger partial charge in [-0.2, -0.15) is 0 Å². The van der Waals surface area contributed by atoms with E-state index < -0.39 is 5.97 Å². The number of para-hydroxylation sites is 1. The molecule has 0 atom stereocenters. The number of aromatic carboxylic acids is 1. The summed E-state index contributed by atoms with van der Waals surface area (Å²) in [7, 11) is 0. The Balaban J connectivity index is 2.21. The van der Waals surface area contributed by atoms with Crippen molar-refractivity contribution in [2.45, 2.75) is 13.8 Å². The molecule has 0 amide bonds. The van der Waals surface area contributed by atoms with Crippen molar-refractivity contribution < 1.29 is 14.3 Å². The van der Waals surface area contributed by atoms with E-state index >= 15 is 0 Å². The second-order valence-electron chi connectivity index (χ2n) is 4.33. The number of oxazole rings is 1. The molecular formula is C14H11NO3S. The summed E-state index contributed by atoms with van der Waals surface area (Å²) in [6, 6.07) is 6.95. The van der Waals surface area contributed by atoms with Crippen molar-refractivity contribution in [1.29, 1.82) is 0 Å². The molecule has 0 aliphatic rings. The number of hydrogen-bond donors (Lipinski definition) is 1. The fraction of sp³-hybridized carbons (Fsp3) is 0.143. The fourth-order valence-electron chi connectivity index (χ4n) is 1.90. The van der Waals surface area contributed by atoms with Gasteiger partial charge in [-0.15, -0.1) is 11.3 Å². The number of aromatic nitrogens is 1. The highest BCUT2D eigenvalue weighted by Gasteiger charge is 2.16. The normalized spacial score (nSPS) is 11.1. The van der Waals surface area contributed by atoms with Crippen LogP contribution in [0.4, 0.5) is 0 Å². The minimum absolute atomic E-state index is 0.140. The van der Waals surface area contributed by atoms with Crippen LogP contribution in [0.15, 0.2) is 28.7 Å². The molecule has 4 nitrogen and oxygen atoms in total. The van der Waals surface area contributed by atoms with Gasteiger partial charge in [0.2, 0.25) is 5.89 Å². The number of carboxylic acids is 1. The lowest BCUT2D eigenvalue weighted by Crippen LogP contribution is -1.95. The molecule has 2 heterocycles. The molecule has 0 radical (unpaired) electrons. The second kappa shape index (κ2) is 4.20. The number of thiophene rings is 1. The van der Waals surface area contributed by atoms with E-state index in [1.807, 2.05) is 19.9 Å². The van der Waals surface area contributed by atoms with Crippen LogP contribution in [-0.2, 0) is 0 Å². The molecule has 0 aliphatic carbocycles. The van der Waals surface area contributed by atoms with Crippen LogP contribution in [0.3, 0.4) is 0 Å². The lowest BCUT2D eigenvalue weighted by molar-refractivity contribution is 0.0698. The summed E-state index contributed by atoms with van der Waals surface area (Å²) < 4.78 is 5.63. The Labute approximate surface area is 113 Å². The van der Waals surface area contributed by atoms with Crippen molar-refractivity contribution >= 4 is 28.4 Å². The Morgan fingerprint density at radius 1 is 1.37 bits per heavy atom. The molecule has 3 rings (SSSR count). The van der Waals surface area contributed by atoms with E-state index in [1.54, 1.807) is 23.5 Å². The Morgan fingerprint density at radius 3 is 2.79 bits per heavy atom. The van der Waals surface area contributed by atoms with Gasteiger partial charge in [-0.1, -0.05) is 6.07 Å². The van der Waals surface area contributed by atoms with Gasteiger partial charge >= 0.3 is 5.97 Å². The van der Waals surface area contributed by atoms with Gasteiger partial charge in [0.25, 0.3) is 0 Å². The van der Waals surface area contributed by atoms with Crippen molar-refractivity contribution in [3.05, 3.63) is 40.3 Å². The minimum atomic E-state index is -1.01. The largest absolute Gasteiger partial charge is 0.478 e. The molecule has 96 valence electrons. The average Bonchev–Trinajstić information content (AvgIpc) is 2.93. The van der Waals surface area contributed by atoms with E-state index in [9.17, 15) is 4.79 Å². The molecule has 0 spiro atoms. The van der Waals surface area contributed by atoms with Gasteiger partial charge in [0.1, 0.15) is 11.1 Å². The van der Waals surface area contributed by atoms with Crippen molar-refractivity contribution in [2.24, 2.45) is 0 Å². The molecule has 0 fully saturated rings. The quantitative estimate of drug-likeness (QED) is 0.769. The predicted octanol–water partition coefficient (Wildman–Crippen LogP) is 3.87. The smallest absolute Gasteiger partial charge is 0.339 e. The van der Waals surface area contributed by atoms with Gasteiger partial charge in [-0.05, 0) is 37.6 Å². The predicted molar refractivity (Wildman–Crippen MR) is 73.8 cm³/mol. The molecule has 0 saturated carbocycles. The average molecular weight is 273 g/mol. The Hall–Kier alpha value is -2.14. The van der Waals surface area contributed by atoms with E-state index in [0.29, 0.717) is 17.0 Å². The Morgan fingerprint density at radius 2 is 2.16 bits per heavy atom. The highest BCUT2D eigenvalue weighted by molar-refractivity contribution is 7.15. The van der Waals surface area contributed by atoms with Crippen molar-refractivity contribution in [3.8, 4) is 10.8 Å². The minimum Gasteiger partial charge on any atom is -0.478 e. The number of nitrogens with zero attached hydrogens (tertiary/aromatic N) is 1. The first-order chi connectivity index (χ1) is 9.06. The maximum Gasteiger partial charge on any atom is 0.339 e. The first-order valence-electron chi connectivity index (χ1n) is 5.76. The van der Waals surface area contributed by atoms with Crippen molar-refractivity contribution in [3.63, 3.8) is 0 Å². The van der Waals surface area contributed by atoms with Crippen LogP contribution >= 0.6 is 11.3 Å². The zero-order valence-electron chi connectivity index (χ0n) is 10.4. The molecule has 0 aliphatic heterocycles. The third-order valence-electron chi connectivity index (χ3n) is 3.02. The SMILES string of the molecule is Cc1cc(-c2nc3cccc(C(=O)O)c3o2)sc1C. The van der Waals surface area contributed by atoms with Crippen LogP contribution in [0, 0.1) is 13.8 Å². The monoisotopic (exact) mass is 273 g/mol. The van der Waals surface area contributed by atoms with Crippen LogP contribution in [0.2, 0.25) is 0 Å².